The van der Waals surface area contributed by atoms with Crippen LogP contribution >= 0.6 is 0 Å². The lowest BCUT2D eigenvalue weighted by atomic mass is 10.1. The van der Waals surface area contributed by atoms with Gasteiger partial charge in [-0.3, -0.25) is 4.79 Å². The highest BCUT2D eigenvalue weighted by molar-refractivity contribution is 7.89. The zero-order valence-electron chi connectivity index (χ0n) is 17.7. The Morgan fingerprint density at radius 1 is 1.00 bits per heavy atom. The molecule has 0 saturated heterocycles. The van der Waals surface area contributed by atoms with Crippen LogP contribution in [0, 0.1) is 13.8 Å². The summed E-state index contributed by atoms with van der Waals surface area (Å²) in [7, 11) is -0.624. The summed E-state index contributed by atoms with van der Waals surface area (Å²) in [6, 6.07) is 7.99. The van der Waals surface area contributed by atoms with Crippen molar-refractivity contribution in [2.75, 3.05) is 32.6 Å². The fraction of sp³-hybridized carbons (Fsp3) is 0.381. The Morgan fingerprint density at radius 2 is 1.62 bits per heavy atom. The summed E-state index contributed by atoms with van der Waals surface area (Å²) in [6.45, 7) is 8.00. The van der Waals surface area contributed by atoms with Gasteiger partial charge in [0, 0.05) is 24.3 Å². The first-order valence-corrected chi connectivity index (χ1v) is 10.8. The Bertz CT molecular complexity index is 998. The van der Waals surface area contributed by atoms with Gasteiger partial charge >= 0.3 is 0 Å². The van der Waals surface area contributed by atoms with Crippen molar-refractivity contribution in [2.24, 2.45) is 0 Å². The third-order valence-electron chi connectivity index (χ3n) is 4.88. The maximum atomic E-state index is 12.9. The fourth-order valence-corrected chi connectivity index (χ4v) is 4.56. The molecule has 7 nitrogen and oxygen atoms in total. The topological polar surface area (TPSA) is 84.9 Å². The minimum Gasteiger partial charge on any atom is -0.493 e. The first-order valence-electron chi connectivity index (χ1n) is 9.34. The number of anilines is 1. The minimum atomic E-state index is -3.64. The van der Waals surface area contributed by atoms with E-state index >= 15 is 0 Å². The molecule has 0 fully saturated rings. The highest BCUT2D eigenvalue weighted by atomic mass is 32.2. The van der Waals surface area contributed by atoms with Gasteiger partial charge in [-0.1, -0.05) is 13.8 Å². The average Bonchev–Trinajstić information content (AvgIpc) is 2.71. The lowest BCUT2D eigenvalue weighted by Gasteiger charge is -2.20. The molecule has 0 unspecified atom stereocenters. The second kappa shape index (κ2) is 9.28. The molecule has 0 radical (unpaired) electrons. The Morgan fingerprint density at radius 3 is 2.17 bits per heavy atom. The number of rotatable bonds is 8. The number of hydrogen-bond donors (Lipinski definition) is 1. The van der Waals surface area contributed by atoms with Crippen molar-refractivity contribution in [2.45, 2.75) is 32.6 Å². The monoisotopic (exact) mass is 420 g/mol. The summed E-state index contributed by atoms with van der Waals surface area (Å²) in [5.74, 6) is 0.583. The van der Waals surface area contributed by atoms with Crippen LogP contribution in [0.4, 0.5) is 5.69 Å². The predicted molar refractivity (Wildman–Crippen MR) is 114 cm³/mol. The summed E-state index contributed by atoms with van der Waals surface area (Å²) < 4.78 is 37.6. The molecule has 1 amide bonds. The zero-order chi connectivity index (χ0) is 21.8. The summed E-state index contributed by atoms with van der Waals surface area (Å²) >= 11 is 0. The van der Waals surface area contributed by atoms with Gasteiger partial charge in [-0.25, -0.2) is 8.42 Å². The third-order valence-corrected chi connectivity index (χ3v) is 6.91. The Labute approximate surface area is 172 Å². The van der Waals surface area contributed by atoms with Crippen molar-refractivity contribution in [1.29, 1.82) is 0 Å². The average molecular weight is 421 g/mol. The summed E-state index contributed by atoms with van der Waals surface area (Å²) in [6.07, 6.45) is 0. The summed E-state index contributed by atoms with van der Waals surface area (Å²) in [4.78, 5) is 12.9. The largest absolute Gasteiger partial charge is 0.493 e. The van der Waals surface area contributed by atoms with Crippen LogP contribution in [0.1, 0.15) is 35.3 Å². The standard InChI is InChI=1S/C21H28N2O5S/c1-7-23(8-2)29(25,26)17-11-14(3)15(4)18(13-17)22-21(24)16-9-10-19(27-5)20(12-16)28-6/h9-13H,7-8H2,1-6H3,(H,22,24). The lowest BCUT2D eigenvalue weighted by Crippen LogP contribution is -2.30. The number of carbonyl (C=O) groups is 1. The van der Waals surface area contributed by atoms with E-state index in [-0.39, 0.29) is 10.8 Å². The van der Waals surface area contributed by atoms with Crippen LogP contribution in [-0.4, -0.2) is 45.9 Å². The maximum Gasteiger partial charge on any atom is 0.255 e. The van der Waals surface area contributed by atoms with Gasteiger partial charge < -0.3 is 14.8 Å². The molecular weight excluding hydrogens is 392 g/mol. The van der Waals surface area contributed by atoms with Crippen molar-refractivity contribution in [3.05, 3.63) is 47.0 Å². The number of aryl methyl sites for hydroxylation is 1. The molecule has 0 aliphatic rings. The Kier molecular flexibility index (Phi) is 7.26. The fourth-order valence-electron chi connectivity index (χ4n) is 2.99. The van der Waals surface area contributed by atoms with E-state index in [0.717, 1.165) is 11.1 Å². The van der Waals surface area contributed by atoms with Gasteiger partial charge in [0.05, 0.1) is 19.1 Å². The van der Waals surface area contributed by atoms with Crippen LogP contribution in [0.3, 0.4) is 0 Å². The van der Waals surface area contributed by atoms with E-state index < -0.39 is 10.0 Å². The maximum absolute atomic E-state index is 12.9. The SMILES string of the molecule is CCN(CC)S(=O)(=O)c1cc(C)c(C)c(NC(=O)c2ccc(OC)c(OC)c2)c1. The van der Waals surface area contributed by atoms with E-state index in [1.54, 1.807) is 38.1 Å². The molecule has 158 valence electrons. The number of hydrogen-bond acceptors (Lipinski definition) is 5. The van der Waals surface area contributed by atoms with Crippen molar-refractivity contribution in [3.63, 3.8) is 0 Å². The molecule has 0 bridgehead atoms. The highest BCUT2D eigenvalue weighted by Gasteiger charge is 2.23. The van der Waals surface area contributed by atoms with Crippen molar-refractivity contribution in [1.82, 2.24) is 4.31 Å². The van der Waals surface area contributed by atoms with Gasteiger partial charge in [0.2, 0.25) is 10.0 Å². The molecule has 0 saturated carbocycles. The number of carbonyl (C=O) groups excluding carboxylic acids is 1. The molecule has 0 spiro atoms. The summed E-state index contributed by atoms with van der Waals surface area (Å²) in [5.41, 5.74) is 2.41. The van der Waals surface area contributed by atoms with E-state index in [4.69, 9.17) is 9.47 Å². The smallest absolute Gasteiger partial charge is 0.255 e. The van der Waals surface area contributed by atoms with Crippen LogP contribution in [0.5, 0.6) is 11.5 Å². The van der Waals surface area contributed by atoms with Gasteiger partial charge in [-0.2, -0.15) is 4.31 Å². The quantitative estimate of drug-likeness (QED) is 0.705. The molecule has 29 heavy (non-hydrogen) atoms. The highest BCUT2D eigenvalue weighted by Crippen LogP contribution is 2.29. The van der Waals surface area contributed by atoms with E-state index in [1.807, 2.05) is 13.8 Å². The van der Waals surface area contributed by atoms with E-state index in [2.05, 4.69) is 5.32 Å². The number of methoxy groups -OCH3 is 2. The molecule has 0 heterocycles. The molecule has 0 aliphatic carbocycles. The van der Waals surface area contributed by atoms with Crippen molar-refractivity contribution in [3.8, 4) is 11.5 Å². The van der Waals surface area contributed by atoms with E-state index in [0.29, 0.717) is 35.8 Å². The zero-order valence-corrected chi connectivity index (χ0v) is 18.5. The Hall–Kier alpha value is -2.58. The number of sulfonamides is 1. The molecule has 0 aromatic heterocycles. The van der Waals surface area contributed by atoms with E-state index in [1.165, 1.54) is 24.6 Å². The molecule has 0 aliphatic heterocycles. The Balaban J connectivity index is 2.43. The molecule has 8 heteroatoms. The first-order chi connectivity index (χ1) is 13.7. The number of ether oxygens (including phenoxy) is 2. The lowest BCUT2D eigenvalue weighted by molar-refractivity contribution is 0.102. The first kappa shape index (κ1) is 22.7. The molecular formula is C21H28N2O5S. The second-order valence-corrected chi connectivity index (χ2v) is 8.46. The van der Waals surface area contributed by atoms with Crippen molar-refractivity contribution < 1.29 is 22.7 Å². The number of nitrogens with one attached hydrogen (secondary N) is 1. The summed E-state index contributed by atoms with van der Waals surface area (Å²) in [5, 5.41) is 2.83. The van der Waals surface area contributed by atoms with Crippen LogP contribution in [0.2, 0.25) is 0 Å². The molecule has 2 rings (SSSR count). The molecule has 1 N–H and O–H groups in total. The molecule has 0 atom stereocenters. The van der Waals surface area contributed by atoms with Crippen molar-refractivity contribution >= 4 is 21.6 Å². The number of benzene rings is 2. The van der Waals surface area contributed by atoms with Crippen LogP contribution in [0.15, 0.2) is 35.2 Å². The van der Waals surface area contributed by atoms with Gasteiger partial charge in [-0.15, -0.1) is 0 Å². The van der Waals surface area contributed by atoms with Gasteiger partial charge in [0.25, 0.3) is 5.91 Å². The van der Waals surface area contributed by atoms with Gasteiger partial charge in [0.1, 0.15) is 0 Å². The second-order valence-electron chi connectivity index (χ2n) is 6.53. The van der Waals surface area contributed by atoms with Gasteiger partial charge in [-0.05, 0) is 55.3 Å². The predicted octanol–water partition coefficient (Wildman–Crippen LogP) is 3.60. The molecule has 2 aromatic rings. The van der Waals surface area contributed by atoms with Crippen LogP contribution < -0.4 is 14.8 Å². The minimum absolute atomic E-state index is 0.159. The van der Waals surface area contributed by atoms with E-state index in [9.17, 15) is 13.2 Å². The van der Waals surface area contributed by atoms with Crippen LogP contribution in [0.25, 0.3) is 0 Å². The molecule has 2 aromatic carbocycles. The number of amides is 1. The van der Waals surface area contributed by atoms with Gasteiger partial charge in [0.15, 0.2) is 11.5 Å². The van der Waals surface area contributed by atoms with Crippen LogP contribution in [-0.2, 0) is 10.0 Å². The third kappa shape index (κ3) is 4.71. The number of nitrogens with zero attached hydrogens (tertiary/aromatic N) is 1. The normalized spacial score (nSPS) is 11.4.